The standard InChI is InChI=1S/C10H10F3NO2S/c1-3-17-7-4-6(10(11,12)13)5-14-8(7)9(15)16-2/h4-5H,3H2,1-2H3. The van der Waals surface area contributed by atoms with E-state index in [1.165, 1.54) is 0 Å². The fraction of sp³-hybridized carbons (Fsp3) is 0.400. The van der Waals surface area contributed by atoms with E-state index < -0.39 is 17.7 Å². The van der Waals surface area contributed by atoms with Crippen molar-refractivity contribution in [2.75, 3.05) is 12.9 Å². The van der Waals surface area contributed by atoms with Gasteiger partial charge in [0.2, 0.25) is 0 Å². The zero-order valence-electron chi connectivity index (χ0n) is 9.17. The van der Waals surface area contributed by atoms with Crippen molar-refractivity contribution in [3.8, 4) is 0 Å². The molecule has 0 bridgehead atoms. The van der Waals surface area contributed by atoms with E-state index in [4.69, 9.17) is 0 Å². The predicted molar refractivity (Wildman–Crippen MR) is 57.0 cm³/mol. The van der Waals surface area contributed by atoms with E-state index >= 15 is 0 Å². The van der Waals surface area contributed by atoms with E-state index in [2.05, 4.69) is 9.72 Å². The highest BCUT2D eigenvalue weighted by atomic mass is 32.2. The molecular formula is C10H10F3NO2S. The molecule has 0 aliphatic carbocycles. The number of ether oxygens (including phenoxy) is 1. The third kappa shape index (κ3) is 3.36. The SMILES string of the molecule is CCSc1cc(C(F)(F)F)cnc1C(=O)OC. The summed E-state index contributed by atoms with van der Waals surface area (Å²) in [4.78, 5) is 15.0. The largest absolute Gasteiger partial charge is 0.464 e. The van der Waals surface area contributed by atoms with Gasteiger partial charge in [-0.1, -0.05) is 6.92 Å². The Bertz CT molecular complexity index is 421. The molecule has 0 N–H and O–H groups in total. The zero-order valence-corrected chi connectivity index (χ0v) is 9.98. The van der Waals surface area contributed by atoms with Gasteiger partial charge < -0.3 is 4.74 Å². The van der Waals surface area contributed by atoms with Gasteiger partial charge in [0.15, 0.2) is 5.69 Å². The summed E-state index contributed by atoms with van der Waals surface area (Å²) in [5.74, 6) is -0.206. The number of nitrogens with zero attached hydrogens (tertiary/aromatic N) is 1. The molecule has 0 unspecified atom stereocenters. The zero-order chi connectivity index (χ0) is 13.1. The highest BCUT2D eigenvalue weighted by Crippen LogP contribution is 2.32. The highest BCUT2D eigenvalue weighted by molar-refractivity contribution is 7.99. The Morgan fingerprint density at radius 1 is 1.53 bits per heavy atom. The van der Waals surface area contributed by atoms with Crippen LogP contribution in [0.25, 0.3) is 0 Å². The lowest BCUT2D eigenvalue weighted by Gasteiger charge is -2.10. The summed E-state index contributed by atoms with van der Waals surface area (Å²) >= 11 is 1.11. The van der Waals surface area contributed by atoms with Gasteiger partial charge >= 0.3 is 12.1 Å². The van der Waals surface area contributed by atoms with Crippen molar-refractivity contribution in [3.63, 3.8) is 0 Å². The van der Waals surface area contributed by atoms with Crippen molar-refractivity contribution in [3.05, 3.63) is 23.5 Å². The summed E-state index contributed by atoms with van der Waals surface area (Å²) in [6, 6.07) is 0.910. The Balaban J connectivity index is 3.21. The number of carbonyl (C=O) groups is 1. The van der Waals surface area contributed by atoms with Crippen molar-refractivity contribution in [1.82, 2.24) is 4.98 Å². The molecular weight excluding hydrogens is 255 g/mol. The van der Waals surface area contributed by atoms with Gasteiger partial charge in [-0.3, -0.25) is 0 Å². The summed E-state index contributed by atoms with van der Waals surface area (Å²) in [5, 5.41) is 0. The topological polar surface area (TPSA) is 39.2 Å². The maximum absolute atomic E-state index is 12.5. The van der Waals surface area contributed by atoms with E-state index in [0.29, 0.717) is 11.9 Å². The quantitative estimate of drug-likeness (QED) is 0.622. The first-order chi connectivity index (χ1) is 7.90. The number of hydrogen-bond acceptors (Lipinski definition) is 4. The van der Waals surface area contributed by atoms with Crippen molar-refractivity contribution in [1.29, 1.82) is 0 Å². The maximum atomic E-state index is 12.5. The van der Waals surface area contributed by atoms with Crippen molar-refractivity contribution in [2.45, 2.75) is 18.0 Å². The fourth-order valence-corrected chi connectivity index (χ4v) is 1.91. The van der Waals surface area contributed by atoms with Crippen LogP contribution in [0.2, 0.25) is 0 Å². The van der Waals surface area contributed by atoms with Crippen molar-refractivity contribution in [2.24, 2.45) is 0 Å². The van der Waals surface area contributed by atoms with Crippen LogP contribution in [0.5, 0.6) is 0 Å². The Morgan fingerprint density at radius 3 is 2.65 bits per heavy atom. The Kier molecular flexibility index (Phi) is 4.39. The number of hydrogen-bond donors (Lipinski definition) is 0. The molecule has 1 heterocycles. The molecule has 1 rings (SSSR count). The summed E-state index contributed by atoms with van der Waals surface area (Å²) in [6.45, 7) is 1.77. The third-order valence-corrected chi connectivity index (χ3v) is 2.77. The molecule has 0 spiro atoms. The molecule has 0 atom stereocenters. The molecule has 3 nitrogen and oxygen atoms in total. The molecule has 0 aliphatic rings. The van der Waals surface area contributed by atoms with Crippen LogP contribution in [0.15, 0.2) is 17.2 Å². The van der Waals surface area contributed by atoms with Crippen LogP contribution >= 0.6 is 11.8 Å². The van der Waals surface area contributed by atoms with Gasteiger partial charge in [-0.25, -0.2) is 9.78 Å². The number of esters is 1. The lowest BCUT2D eigenvalue weighted by atomic mass is 10.2. The number of halogens is 3. The van der Waals surface area contributed by atoms with Crippen LogP contribution in [0.1, 0.15) is 23.0 Å². The van der Waals surface area contributed by atoms with Gasteiger partial charge in [0.05, 0.1) is 12.7 Å². The number of pyridine rings is 1. The second-order valence-corrected chi connectivity index (χ2v) is 4.30. The van der Waals surface area contributed by atoms with E-state index in [-0.39, 0.29) is 10.6 Å². The monoisotopic (exact) mass is 265 g/mol. The minimum absolute atomic E-state index is 0.0904. The average molecular weight is 265 g/mol. The van der Waals surface area contributed by atoms with Crippen LogP contribution in [0.4, 0.5) is 13.2 Å². The van der Waals surface area contributed by atoms with Crippen LogP contribution < -0.4 is 0 Å². The van der Waals surface area contributed by atoms with Gasteiger partial charge in [-0.05, 0) is 11.8 Å². The van der Waals surface area contributed by atoms with Gasteiger partial charge in [-0.15, -0.1) is 11.8 Å². The van der Waals surface area contributed by atoms with Crippen LogP contribution in [0.3, 0.4) is 0 Å². The summed E-state index contributed by atoms with van der Waals surface area (Å²) in [7, 11) is 1.15. The molecule has 94 valence electrons. The predicted octanol–water partition coefficient (Wildman–Crippen LogP) is 3.00. The third-order valence-electron chi connectivity index (χ3n) is 1.86. The maximum Gasteiger partial charge on any atom is 0.417 e. The molecule has 0 aliphatic heterocycles. The van der Waals surface area contributed by atoms with Gasteiger partial charge in [0.1, 0.15) is 0 Å². The molecule has 0 saturated carbocycles. The molecule has 0 radical (unpaired) electrons. The second kappa shape index (κ2) is 5.39. The summed E-state index contributed by atoms with van der Waals surface area (Å²) in [5.41, 5.74) is -0.964. The minimum atomic E-state index is -4.47. The molecule has 0 saturated heterocycles. The molecule has 0 amide bonds. The summed E-state index contributed by atoms with van der Waals surface area (Å²) < 4.78 is 41.8. The number of methoxy groups -OCH3 is 1. The Labute approximate surface area is 100 Å². The minimum Gasteiger partial charge on any atom is -0.464 e. The number of carbonyl (C=O) groups excluding carboxylic acids is 1. The van der Waals surface area contributed by atoms with E-state index in [1.807, 2.05) is 0 Å². The van der Waals surface area contributed by atoms with Crippen LogP contribution in [-0.2, 0) is 10.9 Å². The normalized spacial score (nSPS) is 11.4. The van der Waals surface area contributed by atoms with E-state index in [0.717, 1.165) is 24.9 Å². The van der Waals surface area contributed by atoms with Crippen molar-refractivity contribution >= 4 is 17.7 Å². The molecule has 1 aromatic rings. The first kappa shape index (κ1) is 13.8. The smallest absolute Gasteiger partial charge is 0.417 e. The van der Waals surface area contributed by atoms with Gasteiger partial charge in [-0.2, -0.15) is 13.2 Å². The van der Waals surface area contributed by atoms with Crippen molar-refractivity contribution < 1.29 is 22.7 Å². The van der Waals surface area contributed by atoms with E-state index in [9.17, 15) is 18.0 Å². The Morgan fingerprint density at radius 2 is 2.18 bits per heavy atom. The number of rotatable bonds is 3. The molecule has 0 fully saturated rings. The second-order valence-electron chi connectivity index (χ2n) is 2.99. The van der Waals surface area contributed by atoms with Gasteiger partial charge in [0, 0.05) is 11.1 Å². The number of alkyl halides is 3. The lowest BCUT2D eigenvalue weighted by molar-refractivity contribution is -0.138. The summed E-state index contributed by atoms with van der Waals surface area (Å²) in [6.07, 6.45) is -3.84. The molecule has 1 aromatic heterocycles. The molecule has 17 heavy (non-hydrogen) atoms. The number of thioether (sulfide) groups is 1. The first-order valence-corrected chi connectivity index (χ1v) is 5.67. The molecule has 7 heteroatoms. The van der Waals surface area contributed by atoms with E-state index in [1.54, 1.807) is 6.92 Å². The van der Waals surface area contributed by atoms with Crippen LogP contribution in [0, 0.1) is 0 Å². The Hall–Kier alpha value is -1.24. The van der Waals surface area contributed by atoms with Gasteiger partial charge in [0.25, 0.3) is 0 Å². The first-order valence-electron chi connectivity index (χ1n) is 4.68. The fourth-order valence-electron chi connectivity index (χ4n) is 1.12. The molecule has 0 aromatic carbocycles. The average Bonchev–Trinajstić information content (AvgIpc) is 2.27. The number of aromatic nitrogens is 1. The van der Waals surface area contributed by atoms with Crippen LogP contribution in [-0.4, -0.2) is 23.8 Å². The highest BCUT2D eigenvalue weighted by Gasteiger charge is 2.32. The lowest BCUT2D eigenvalue weighted by Crippen LogP contribution is -2.11.